The molecule has 0 aliphatic carbocycles. The molecule has 1 aliphatic rings. The van der Waals surface area contributed by atoms with Crippen molar-refractivity contribution < 1.29 is 8.42 Å². The number of rotatable bonds is 7. The van der Waals surface area contributed by atoms with Gasteiger partial charge >= 0.3 is 0 Å². The van der Waals surface area contributed by atoms with E-state index in [-0.39, 0.29) is 19.0 Å². The van der Waals surface area contributed by atoms with E-state index in [1.54, 1.807) is 18.5 Å². The summed E-state index contributed by atoms with van der Waals surface area (Å²) in [6.45, 7) is 6.32. The zero-order chi connectivity index (χ0) is 22.7. The summed E-state index contributed by atoms with van der Waals surface area (Å²) in [4.78, 5) is 22.1. The summed E-state index contributed by atoms with van der Waals surface area (Å²) < 4.78 is 29.2. The van der Waals surface area contributed by atoms with Crippen molar-refractivity contribution in [3.8, 4) is 10.4 Å². The molecular formula is C24H32N4O3S2. The van der Waals surface area contributed by atoms with E-state index in [1.165, 1.54) is 16.9 Å². The summed E-state index contributed by atoms with van der Waals surface area (Å²) in [7, 11) is -3.59. The summed E-state index contributed by atoms with van der Waals surface area (Å²) in [5, 5.41) is 0. The zero-order valence-corrected chi connectivity index (χ0v) is 19.9. The predicted molar refractivity (Wildman–Crippen MR) is 134 cm³/mol. The van der Waals surface area contributed by atoms with Gasteiger partial charge < -0.3 is 4.98 Å². The van der Waals surface area contributed by atoms with Gasteiger partial charge in [-0.25, -0.2) is 13.1 Å². The van der Waals surface area contributed by atoms with Crippen molar-refractivity contribution in [1.82, 2.24) is 19.6 Å². The van der Waals surface area contributed by atoms with Crippen LogP contribution in [-0.2, 0) is 23.0 Å². The first-order valence-corrected chi connectivity index (χ1v) is 13.1. The van der Waals surface area contributed by atoms with Gasteiger partial charge in [0.05, 0.1) is 0 Å². The lowest BCUT2D eigenvalue weighted by Gasteiger charge is -2.32. The molecule has 9 heteroatoms. The number of aryl methyl sites for hydroxylation is 2. The summed E-state index contributed by atoms with van der Waals surface area (Å²) in [5.74, 6) is 0. The maximum Gasteiger partial charge on any atom is 0.251 e. The number of pyridine rings is 2. The number of hydrogen-bond acceptors (Lipinski definition) is 6. The lowest BCUT2D eigenvalue weighted by atomic mass is 10.1. The molecule has 4 rings (SSSR count). The quantitative estimate of drug-likeness (QED) is 0.525. The lowest BCUT2D eigenvalue weighted by molar-refractivity contribution is 0.200. The maximum absolute atomic E-state index is 13.0. The van der Waals surface area contributed by atoms with Gasteiger partial charge in [0, 0.05) is 59.8 Å². The Morgan fingerprint density at radius 3 is 2.55 bits per heavy atom. The van der Waals surface area contributed by atoms with Crippen molar-refractivity contribution in [2.45, 2.75) is 57.3 Å². The molecule has 33 heavy (non-hydrogen) atoms. The smallest absolute Gasteiger partial charge is 0.251 e. The van der Waals surface area contributed by atoms with E-state index in [0.717, 1.165) is 48.6 Å². The van der Waals surface area contributed by atoms with Crippen LogP contribution in [0.15, 0.2) is 51.7 Å². The van der Waals surface area contributed by atoms with E-state index in [2.05, 4.69) is 19.6 Å². The third-order valence-electron chi connectivity index (χ3n) is 5.87. The highest BCUT2D eigenvalue weighted by Crippen LogP contribution is 2.32. The van der Waals surface area contributed by atoms with Crippen LogP contribution in [0.1, 0.15) is 44.0 Å². The minimum atomic E-state index is -3.59. The first-order valence-electron chi connectivity index (χ1n) is 10.8. The Hall–Kier alpha value is -2.33. The number of nitrogens with one attached hydrogen (secondary N) is 2. The number of hydrogen-bond donors (Lipinski definition) is 2. The molecule has 0 amide bonds. The molecule has 7 nitrogen and oxygen atoms in total. The van der Waals surface area contributed by atoms with Gasteiger partial charge in [-0.1, -0.05) is 14.4 Å². The standard InChI is InChI=1S/C23H28N4O3S2.CH4/c1-3-18-14-20(16(2)25-23(18)28)21-4-5-22(31-21)32(29,30)26-19-8-12-27(13-9-19)15-17-6-10-24-11-7-17;/h4-7,10-11,14,19,26H,3,8-9,12-13,15H2,1-2H3,(H,25,28);1H4. The number of aromatic amines is 1. The van der Waals surface area contributed by atoms with E-state index < -0.39 is 10.0 Å². The number of H-pyrrole nitrogens is 1. The van der Waals surface area contributed by atoms with Crippen LogP contribution in [0.25, 0.3) is 10.4 Å². The minimum absolute atomic E-state index is 0. The second-order valence-electron chi connectivity index (χ2n) is 8.16. The molecule has 0 bridgehead atoms. The maximum atomic E-state index is 13.0. The Morgan fingerprint density at radius 1 is 1.18 bits per heavy atom. The molecule has 4 heterocycles. The van der Waals surface area contributed by atoms with Crippen LogP contribution in [0.2, 0.25) is 0 Å². The van der Waals surface area contributed by atoms with Crippen LogP contribution in [0.4, 0.5) is 0 Å². The Bertz CT molecular complexity index is 1230. The zero-order valence-electron chi connectivity index (χ0n) is 18.3. The van der Waals surface area contributed by atoms with E-state index in [4.69, 9.17) is 0 Å². The van der Waals surface area contributed by atoms with Crippen LogP contribution in [0.5, 0.6) is 0 Å². The molecular weight excluding hydrogens is 456 g/mol. The summed E-state index contributed by atoms with van der Waals surface area (Å²) >= 11 is 1.23. The van der Waals surface area contributed by atoms with Crippen LogP contribution < -0.4 is 10.3 Å². The molecule has 178 valence electrons. The van der Waals surface area contributed by atoms with Crippen molar-refractivity contribution in [1.29, 1.82) is 0 Å². The minimum Gasteiger partial charge on any atom is -0.326 e. The largest absolute Gasteiger partial charge is 0.326 e. The molecule has 0 spiro atoms. The second-order valence-corrected chi connectivity index (χ2v) is 11.2. The SMILES string of the molecule is C.CCc1cc(-c2ccc(S(=O)(=O)NC3CCN(Cc4ccncc4)CC3)s2)c(C)[nH]c1=O. The Labute approximate surface area is 200 Å². The van der Waals surface area contributed by atoms with Crippen LogP contribution in [-0.4, -0.2) is 42.4 Å². The fourth-order valence-electron chi connectivity index (χ4n) is 4.03. The van der Waals surface area contributed by atoms with Crippen LogP contribution in [0, 0.1) is 6.92 Å². The number of aromatic nitrogens is 2. The van der Waals surface area contributed by atoms with Gasteiger partial charge in [-0.15, -0.1) is 11.3 Å². The Kier molecular flexibility index (Phi) is 8.23. The highest BCUT2D eigenvalue weighted by atomic mass is 32.2. The van der Waals surface area contributed by atoms with Gasteiger partial charge in [0.15, 0.2) is 0 Å². The monoisotopic (exact) mass is 488 g/mol. The number of sulfonamides is 1. The summed E-state index contributed by atoms with van der Waals surface area (Å²) in [5.41, 5.74) is 3.44. The first kappa shape index (κ1) is 25.3. The molecule has 2 N–H and O–H groups in total. The van der Waals surface area contributed by atoms with Crippen molar-refractivity contribution in [3.63, 3.8) is 0 Å². The average Bonchev–Trinajstić information content (AvgIpc) is 3.27. The molecule has 1 fully saturated rings. The Morgan fingerprint density at radius 2 is 1.88 bits per heavy atom. The highest BCUT2D eigenvalue weighted by molar-refractivity contribution is 7.91. The Balaban J connectivity index is 0.00000306. The third-order valence-corrected chi connectivity index (χ3v) is 9.00. The highest BCUT2D eigenvalue weighted by Gasteiger charge is 2.26. The molecule has 1 aliphatic heterocycles. The molecule has 3 aromatic rings. The number of thiophene rings is 1. The van der Waals surface area contributed by atoms with Crippen molar-refractivity contribution >= 4 is 21.4 Å². The summed E-state index contributed by atoms with van der Waals surface area (Å²) in [6, 6.07) is 9.28. The van der Waals surface area contributed by atoms with Crippen LogP contribution >= 0.6 is 11.3 Å². The van der Waals surface area contributed by atoms with E-state index in [9.17, 15) is 13.2 Å². The number of piperidine rings is 1. The predicted octanol–water partition coefficient (Wildman–Crippen LogP) is 3.95. The van der Waals surface area contributed by atoms with E-state index in [0.29, 0.717) is 16.2 Å². The molecule has 1 saturated heterocycles. The van der Waals surface area contributed by atoms with Gasteiger partial charge in [-0.05, 0) is 62.1 Å². The second kappa shape index (κ2) is 10.7. The van der Waals surface area contributed by atoms with E-state index in [1.807, 2.05) is 38.1 Å². The van der Waals surface area contributed by atoms with Crippen molar-refractivity contribution in [2.75, 3.05) is 13.1 Å². The molecule has 0 radical (unpaired) electrons. The molecule has 3 aromatic heterocycles. The topological polar surface area (TPSA) is 95.2 Å². The fourth-order valence-corrected chi connectivity index (χ4v) is 6.73. The first-order chi connectivity index (χ1) is 15.4. The fraction of sp³-hybridized carbons (Fsp3) is 0.417. The van der Waals surface area contributed by atoms with Gasteiger partial charge in [0.1, 0.15) is 4.21 Å². The van der Waals surface area contributed by atoms with Crippen molar-refractivity contribution in [3.05, 3.63) is 69.9 Å². The molecule has 0 aromatic carbocycles. The van der Waals surface area contributed by atoms with E-state index >= 15 is 0 Å². The average molecular weight is 489 g/mol. The summed E-state index contributed by atoms with van der Waals surface area (Å²) in [6.07, 6.45) is 5.77. The molecule has 0 unspecified atom stereocenters. The number of likely N-dealkylation sites (tertiary alicyclic amines) is 1. The molecule has 0 atom stereocenters. The molecule has 0 saturated carbocycles. The lowest BCUT2D eigenvalue weighted by Crippen LogP contribution is -2.44. The van der Waals surface area contributed by atoms with Gasteiger partial charge in [0.25, 0.3) is 5.56 Å². The van der Waals surface area contributed by atoms with Gasteiger partial charge in [-0.3, -0.25) is 14.7 Å². The number of nitrogens with zero attached hydrogens (tertiary/aromatic N) is 2. The van der Waals surface area contributed by atoms with Gasteiger partial charge in [-0.2, -0.15) is 0 Å². The third kappa shape index (κ3) is 5.97. The van der Waals surface area contributed by atoms with Crippen LogP contribution in [0.3, 0.4) is 0 Å². The van der Waals surface area contributed by atoms with Gasteiger partial charge in [0.2, 0.25) is 10.0 Å². The normalized spacial score (nSPS) is 15.3. The van der Waals surface area contributed by atoms with Crippen molar-refractivity contribution in [2.24, 2.45) is 0 Å².